The van der Waals surface area contributed by atoms with Crippen LogP contribution in [-0.4, -0.2) is 23.8 Å². The van der Waals surface area contributed by atoms with Gasteiger partial charge in [0.25, 0.3) is 0 Å². The zero-order valence-corrected chi connectivity index (χ0v) is 8.83. The van der Waals surface area contributed by atoms with Crippen LogP contribution in [0, 0.1) is 0 Å². The van der Waals surface area contributed by atoms with Crippen LogP contribution in [0.5, 0.6) is 0 Å². The Labute approximate surface area is 84.4 Å². The summed E-state index contributed by atoms with van der Waals surface area (Å²) in [7, 11) is 0. The van der Waals surface area contributed by atoms with Crippen molar-refractivity contribution in [2.24, 2.45) is 0 Å². The van der Waals surface area contributed by atoms with Gasteiger partial charge in [-0.3, -0.25) is 0 Å². The van der Waals surface area contributed by atoms with Gasteiger partial charge in [0.05, 0.1) is 6.61 Å². The molecule has 0 aromatic heterocycles. The van der Waals surface area contributed by atoms with E-state index in [0.717, 1.165) is 5.57 Å². The molecule has 0 aromatic carbocycles. The maximum atomic E-state index is 11.3. The summed E-state index contributed by atoms with van der Waals surface area (Å²) in [5, 5.41) is 9.43. The highest BCUT2D eigenvalue weighted by Crippen LogP contribution is 2.06. The molecule has 0 amide bonds. The Balaban J connectivity index is 5.03. The van der Waals surface area contributed by atoms with E-state index in [1.54, 1.807) is 20.8 Å². The number of esters is 1. The minimum absolute atomic E-state index is 0.0989. The van der Waals surface area contributed by atoms with Crippen LogP contribution < -0.4 is 0 Å². The van der Waals surface area contributed by atoms with Crippen molar-refractivity contribution in [2.45, 2.75) is 26.9 Å². The quantitative estimate of drug-likeness (QED) is 0.321. The molecule has 0 aromatic rings. The van der Waals surface area contributed by atoms with E-state index in [9.17, 15) is 9.90 Å². The van der Waals surface area contributed by atoms with Crippen LogP contribution >= 0.6 is 0 Å². The maximum absolute atomic E-state index is 11.3. The third-order valence-electron chi connectivity index (χ3n) is 1.40. The first kappa shape index (κ1) is 12.7. The Morgan fingerprint density at radius 3 is 2.57 bits per heavy atom. The Bertz CT molecular complexity index is 279. The van der Waals surface area contributed by atoms with Gasteiger partial charge in [0.2, 0.25) is 0 Å². The van der Waals surface area contributed by atoms with Crippen molar-refractivity contribution in [1.29, 1.82) is 0 Å². The second-order valence-corrected chi connectivity index (χ2v) is 2.94. The molecule has 0 rings (SSSR count). The largest absolute Gasteiger partial charge is 0.462 e. The minimum atomic E-state index is -1.02. The van der Waals surface area contributed by atoms with Gasteiger partial charge in [-0.1, -0.05) is 6.08 Å². The van der Waals surface area contributed by atoms with Crippen LogP contribution in [0.4, 0.5) is 0 Å². The van der Waals surface area contributed by atoms with Gasteiger partial charge in [0, 0.05) is 0 Å². The molecule has 14 heavy (non-hydrogen) atoms. The van der Waals surface area contributed by atoms with E-state index in [-0.39, 0.29) is 12.2 Å². The lowest BCUT2D eigenvalue weighted by atomic mass is 10.1. The normalized spacial score (nSPS) is 11.1. The SMILES string of the molecule is C=CC(O)C(=C=C(C)C)C(=O)OCC. The Kier molecular flexibility index (Phi) is 5.61. The summed E-state index contributed by atoms with van der Waals surface area (Å²) >= 11 is 0. The van der Waals surface area contributed by atoms with Crippen molar-refractivity contribution < 1.29 is 14.6 Å². The van der Waals surface area contributed by atoms with Crippen molar-refractivity contribution in [2.75, 3.05) is 6.61 Å². The summed E-state index contributed by atoms with van der Waals surface area (Å²) in [5.41, 5.74) is 3.65. The molecule has 0 aliphatic heterocycles. The zero-order valence-electron chi connectivity index (χ0n) is 8.83. The smallest absolute Gasteiger partial charge is 0.344 e. The third-order valence-corrected chi connectivity index (χ3v) is 1.40. The lowest BCUT2D eigenvalue weighted by Crippen LogP contribution is -2.17. The van der Waals surface area contributed by atoms with E-state index in [1.165, 1.54) is 6.08 Å². The highest BCUT2D eigenvalue weighted by molar-refractivity contribution is 5.89. The van der Waals surface area contributed by atoms with E-state index in [1.807, 2.05) is 0 Å². The molecule has 1 atom stereocenters. The molecule has 1 unspecified atom stereocenters. The first-order valence-electron chi connectivity index (χ1n) is 4.44. The predicted molar refractivity (Wildman–Crippen MR) is 54.7 cm³/mol. The molecule has 0 fully saturated rings. The number of aliphatic hydroxyl groups excluding tert-OH is 1. The lowest BCUT2D eigenvalue weighted by molar-refractivity contribution is -0.139. The summed E-state index contributed by atoms with van der Waals surface area (Å²) in [6, 6.07) is 0. The van der Waals surface area contributed by atoms with Crippen LogP contribution in [0.3, 0.4) is 0 Å². The molecule has 0 saturated carbocycles. The molecule has 1 N–H and O–H groups in total. The van der Waals surface area contributed by atoms with Gasteiger partial charge >= 0.3 is 5.97 Å². The number of carbonyl (C=O) groups excluding carboxylic acids is 1. The summed E-state index contributed by atoms with van der Waals surface area (Å²) in [4.78, 5) is 11.3. The number of carbonyl (C=O) groups is 1. The van der Waals surface area contributed by atoms with Crippen LogP contribution in [-0.2, 0) is 9.53 Å². The topological polar surface area (TPSA) is 46.5 Å². The van der Waals surface area contributed by atoms with Crippen LogP contribution in [0.2, 0.25) is 0 Å². The first-order chi connectivity index (χ1) is 6.52. The van der Waals surface area contributed by atoms with Gasteiger partial charge in [-0.2, -0.15) is 0 Å². The van der Waals surface area contributed by atoms with Crippen LogP contribution in [0.1, 0.15) is 20.8 Å². The van der Waals surface area contributed by atoms with Crippen molar-refractivity contribution in [1.82, 2.24) is 0 Å². The lowest BCUT2D eigenvalue weighted by Gasteiger charge is -2.07. The van der Waals surface area contributed by atoms with Gasteiger partial charge in [-0.15, -0.1) is 12.3 Å². The van der Waals surface area contributed by atoms with Gasteiger partial charge < -0.3 is 9.84 Å². The van der Waals surface area contributed by atoms with Gasteiger partial charge in [0.1, 0.15) is 11.7 Å². The zero-order chi connectivity index (χ0) is 11.1. The molecule has 0 aliphatic carbocycles. The molecule has 78 valence electrons. The molecular weight excluding hydrogens is 180 g/mol. The number of hydrogen-bond donors (Lipinski definition) is 1. The molecule has 0 spiro atoms. The van der Waals surface area contributed by atoms with Gasteiger partial charge in [0.15, 0.2) is 0 Å². The molecule has 0 aliphatic rings. The minimum Gasteiger partial charge on any atom is -0.462 e. The second-order valence-electron chi connectivity index (χ2n) is 2.94. The molecule has 0 bridgehead atoms. The predicted octanol–water partition coefficient (Wildman–Crippen LogP) is 1.59. The van der Waals surface area contributed by atoms with Gasteiger partial charge in [-0.25, -0.2) is 4.79 Å². The highest BCUT2D eigenvalue weighted by Gasteiger charge is 2.16. The second kappa shape index (κ2) is 6.19. The van der Waals surface area contributed by atoms with Gasteiger partial charge in [-0.05, 0) is 26.3 Å². The molecule has 0 heterocycles. The molecule has 3 heteroatoms. The van der Waals surface area contributed by atoms with Crippen LogP contribution in [0.25, 0.3) is 0 Å². The number of rotatable bonds is 4. The summed E-state index contributed by atoms with van der Waals surface area (Å²) in [5.74, 6) is -0.555. The van der Waals surface area contributed by atoms with Crippen LogP contribution in [0.15, 0.2) is 29.5 Å². The first-order valence-corrected chi connectivity index (χ1v) is 4.44. The van der Waals surface area contributed by atoms with E-state index < -0.39 is 12.1 Å². The van der Waals surface area contributed by atoms with Crippen molar-refractivity contribution in [3.05, 3.63) is 29.5 Å². The molecule has 3 nitrogen and oxygen atoms in total. The number of ether oxygens (including phenoxy) is 1. The highest BCUT2D eigenvalue weighted by atomic mass is 16.5. The molecule has 0 radical (unpaired) electrons. The van der Waals surface area contributed by atoms with E-state index >= 15 is 0 Å². The average Bonchev–Trinajstić information content (AvgIpc) is 2.13. The number of hydrogen-bond acceptors (Lipinski definition) is 3. The van der Waals surface area contributed by atoms with E-state index in [2.05, 4.69) is 12.3 Å². The third kappa shape index (κ3) is 4.08. The van der Waals surface area contributed by atoms with Crippen molar-refractivity contribution in [3.8, 4) is 0 Å². The fourth-order valence-electron chi connectivity index (χ4n) is 0.842. The molecule has 0 saturated heterocycles. The van der Waals surface area contributed by atoms with E-state index in [4.69, 9.17) is 4.74 Å². The number of aliphatic hydroxyl groups is 1. The average molecular weight is 196 g/mol. The van der Waals surface area contributed by atoms with Crippen molar-refractivity contribution >= 4 is 5.97 Å². The fraction of sp³-hybridized carbons (Fsp3) is 0.455. The Hall–Kier alpha value is -1.31. The fourth-order valence-corrected chi connectivity index (χ4v) is 0.842. The summed E-state index contributed by atoms with van der Waals surface area (Å²) < 4.78 is 4.77. The van der Waals surface area contributed by atoms with Crippen molar-refractivity contribution in [3.63, 3.8) is 0 Å². The Morgan fingerprint density at radius 2 is 2.21 bits per heavy atom. The standard InChI is InChI=1S/C11H16O3/c1-5-10(12)9(7-8(3)4)11(13)14-6-2/h5,10,12H,1,6H2,2-4H3. The summed E-state index contributed by atoms with van der Waals surface area (Å²) in [6.07, 6.45) is 0.242. The monoisotopic (exact) mass is 196 g/mol. The summed E-state index contributed by atoms with van der Waals surface area (Å²) in [6.45, 7) is 8.96. The van der Waals surface area contributed by atoms with E-state index in [0.29, 0.717) is 0 Å². The Morgan fingerprint density at radius 1 is 1.64 bits per heavy atom. The molecular formula is C11H16O3. The maximum Gasteiger partial charge on any atom is 0.344 e.